The van der Waals surface area contributed by atoms with E-state index in [1.807, 2.05) is 0 Å². The first-order valence-corrected chi connectivity index (χ1v) is 12.3. The smallest absolute Gasteiger partial charge is 0.233 e. The number of aromatic nitrogens is 2. The van der Waals surface area contributed by atoms with Crippen molar-refractivity contribution in [1.29, 1.82) is 5.26 Å². The zero-order chi connectivity index (χ0) is 19.1. The molecular formula is C20H27N5OS2. The van der Waals surface area contributed by atoms with Crippen molar-refractivity contribution in [2.24, 2.45) is 17.8 Å². The second kappa shape index (κ2) is 7.49. The maximum Gasteiger partial charge on any atom is 0.233 e. The number of hydrogen-bond donors (Lipinski definition) is 1. The zero-order valence-corrected chi connectivity index (χ0v) is 17.7. The predicted molar refractivity (Wildman–Crippen MR) is 110 cm³/mol. The summed E-state index contributed by atoms with van der Waals surface area (Å²) in [6, 6.07) is 2.82. The van der Waals surface area contributed by atoms with E-state index in [1.165, 1.54) is 55.2 Å². The van der Waals surface area contributed by atoms with E-state index in [9.17, 15) is 4.79 Å². The second-order valence-corrected chi connectivity index (χ2v) is 11.4. The molecule has 0 saturated heterocycles. The molecule has 6 nitrogen and oxygen atoms in total. The van der Waals surface area contributed by atoms with E-state index < -0.39 is 0 Å². The first kappa shape index (κ1) is 18.7. The van der Waals surface area contributed by atoms with Crippen LogP contribution in [0.2, 0.25) is 0 Å². The monoisotopic (exact) mass is 417 g/mol. The van der Waals surface area contributed by atoms with Crippen LogP contribution in [0.25, 0.3) is 0 Å². The fourth-order valence-corrected chi connectivity index (χ4v) is 7.82. The molecule has 1 amide bonds. The summed E-state index contributed by atoms with van der Waals surface area (Å²) in [5.41, 5.74) is 0.0169. The summed E-state index contributed by atoms with van der Waals surface area (Å²) >= 11 is 3.03. The van der Waals surface area contributed by atoms with Crippen molar-refractivity contribution < 1.29 is 4.79 Å². The van der Waals surface area contributed by atoms with Gasteiger partial charge in [-0.05, 0) is 69.1 Å². The summed E-state index contributed by atoms with van der Waals surface area (Å²) in [6.45, 7) is 0.576. The van der Waals surface area contributed by atoms with Crippen LogP contribution in [0.5, 0.6) is 0 Å². The largest absolute Gasteiger partial charge is 0.357 e. The predicted octanol–water partition coefficient (Wildman–Crippen LogP) is 3.92. The molecule has 1 aromatic heterocycles. The Morgan fingerprint density at radius 2 is 1.89 bits per heavy atom. The number of amides is 1. The number of thioether (sulfide) groups is 1. The van der Waals surface area contributed by atoms with E-state index in [4.69, 9.17) is 5.26 Å². The van der Waals surface area contributed by atoms with Crippen LogP contribution in [0.15, 0.2) is 4.34 Å². The molecule has 0 unspecified atom stereocenters. The van der Waals surface area contributed by atoms with E-state index >= 15 is 0 Å². The number of carbonyl (C=O) groups excluding carboxylic acids is 1. The van der Waals surface area contributed by atoms with Crippen LogP contribution in [0.1, 0.15) is 57.8 Å². The molecule has 28 heavy (non-hydrogen) atoms. The highest BCUT2D eigenvalue weighted by Crippen LogP contribution is 2.58. The standard InChI is InChI=1S/C20H27N5OS2/c21-4-1-5-25(20-9-13-6-14(10-20)8-15(7-13)11-20)17(26)12-27-19-24-23-18(28-19)22-16-2-3-16/h13-16H,1-3,5-12H2,(H,22,23). The highest BCUT2D eigenvalue weighted by molar-refractivity contribution is 8.01. The van der Waals surface area contributed by atoms with Crippen LogP contribution >= 0.6 is 23.1 Å². The molecule has 0 aromatic carbocycles. The number of hydrogen-bond acceptors (Lipinski definition) is 7. The Morgan fingerprint density at radius 1 is 1.21 bits per heavy atom. The van der Waals surface area contributed by atoms with Crippen LogP contribution in [0.4, 0.5) is 5.13 Å². The lowest BCUT2D eigenvalue weighted by Crippen LogP contribution is -2.62. The van der Waals surface area contributed by atoms with Gasteiger partial charge in [-0.25, -0.2) is 0 Å². The van der Waals surface area contributed by atoms with Crippen LogP contribution in [0.3, 0.4) is 0 Å². The van der Waals surface area contributed by atoms with Crippen LogP contribution in [0, 0.1) is 29.1 Å². The van der Waals surface area contributed by atoms with Gasteiger partial charge in [-0.2, -0.15) is 5.26 Å². The minimum absolute atomic E-state index is 0.0169. The highest BCUT2D eigenvalue weighted by atomic mass is 32.2. The minimum Gasteiger partial charge on any atom is -0.357 e. The van der Waals surface area contributed by atoms with Crippen molar-refractivity contribution in [2.45, 2.75) is 73.7 Å². The maximum absolute atomic E-state index is 13.3. The van der Waals surface area contributed by atoms with Crippen molar-refractivity contribution in [3.8, 4) is 6.07 Å². The fraction of sp³-hybridized carbons (Fsp3) is 0.800. The van der Waals surface area contributed by atoms with Crippen LogP contribution in [-0.2, 0) is 4.79 Å². The normalized spacial score (nSPS) is 32.9. The molecule has 5 aliphatic rings. The van der Waals surface area contributed by atoms with Gasteiger partial charge < -0.3 is 10.2 Å². The quantitative estimate of drug-likeness (QED) is 0.646. The lowest BCUT2D eigenvalue weighted by Gasteiger charge is -2.60. The van der Waals surface area contributed by atoms with E-state index in [1.54, 1.807) is 0 Å². The number of nitrogens with zero attached hydrogens (tertiary/aromatic N) is 4. The van der Waals surface area contributed by atoms with Gasteiger partial charge in [0.05, 0.1) is 18.2 Å². The number of rotatable bonds is 8. The summed E-state index contributed by atoms with van der Waals surface area (Å²) in [7, 11) is 0. The third-order valence-electron chi connectivity index (χ3n) is 6.96. The topological polar surface area (TPSA) is 81.9 Å². The molecule has 5 saturated carbocycles. The van der Waals surface area contributed by atoms with E-state index in [0.717, 1.165) is 46.5 Å². The van der Waals surface area contributed by atoms with Gasteiger partial charge in [0.25, 0.3) is 0 Å². The molecule has 5 aliphatic carbocycles. The van der Waals surface area contributed by atoms with Gasteiger partial charge in [0.2, 0.25) is 11.0 Å². The molecular weight excluding hydrogens is 390 g/mol. The molecule has 150 valence electrons. The van der Waals surface area contributed by atoms with Gasteiger partial charge in [-0.3, -0.25) is 4.79 Å². The van der Waals surface area contributed by atoms with Gasteiger partial charge in [0.1, 0.15) is 0 Å². The molecule has 0 aliphatic heterocycles. The Hall–Kier alpha value is -1.33. The zero-order valence-electron chi connectivity index (χ0n) is 16.1. The van der Waals surface area contributed by atoms with Gasteiger partial charge in [-0.1, -0.05) is 23.1 Å². The molecule has 1 N–H and O–H groups in total. The SMILES string of the molecule is N#CCCN(C(=O)CSc1nnc(NC2CC2)s1)C12CC3CC(CC(C3)C1)C2. The van der Waals surface area contributed by atoms with Gasteiger partial charge in [0, 0.05) is 18.1 Å². The van der Waals surface area contributed by atoms with Crippen molar-refractivity contribution in [3.63, 3.8) is 0 Å². The van der Waals surface area contributed by atoms with Crippen molar-refractivity contribution >= 4 is 34.1 Å². The first-order chi connectivity index (χ1) is 13.6. The lowest BCUT2D eigenvalue weighted by molar-refractivity contribution is -0.147. The molecule has 0 radical (unpaired) electrons. The Morgan fingerprint density at radius 3 is 2.50 bits per heavy atom. The average molecular weight is 418 g/mol. The minimum atomic E-state index is 0.0169. The van der Waals surface area contributed by atoms with E-state index in [-0.39, 0.29) is 11.4 Å². The Balaban J connectivity index is 1.26. The molecule has 8 heteroatoms. The summed E-state index contributed by atoms with van der Waals surface area (Å²) in [5.74, 6) is 2.93. The third-order valence-corrected chi connectivity index (χ3v) is 8.93. The van der Waals surface area contributed by atoms with Crippen LogP contribution < -0.4 is 5.32 Å². The maximum atomic E-state index is 13.3. The molecule has 0 atom stereocenters. The molecule has 6 rings (SSSR count). The summed E-state index contributed by atoms with van der Waals surface area (Å²) in [6.07, 6.45) is 10.4. The van der Waals surface area contributed by atoms with Crippen molar-refractivity contribution in [2.75, 3.05) is 17.6 Å². The van der Waals surface area contributed by atoms with E-state index in [0.29, 0.717) is 24.8 Å². The molecule has 4 bridgehead atoms. The van der Waals surface area contributed by atoms with Gasteiger partial charge in [0.15, 0.2) is 4.34 Å². The van der Waals surface area contributed by atoms with E-state index in [2.05, 4.69) is 26.5 Å². The third kappa shape index (κ3) is 3.76. The summed E-state index contributed by atoms with van der Waals surface area (Å²) in [5, 5.41) is 21.8. The Bertz CT molecular complexity index is 749. The fourth-order valence-electron chi connectivity index (χ4n) is 6.11. The molecule has 0 spiro atoms. The summed E-state index contributed by atoms with van der Waals surface area (Å²) in [4.78, 5) is 15.4. The Kier molecular flexibility index (Phi) is 5.00. The molecule has 1 heterocycles. The summed E-state index contributed by atoms with van der Waals surface area (Å²) < 4.78 is 0.849. The lowest BCUT2D eigenvalue weighted by atomic mass is 9.52. The second-order valence-electron chi connectivity index (χ2n) is 9.18. The molecule has 5 fully saturated rings. The highest BCUT2D eigenvalue weighted by Gasteiger charge is 2.54. The average Bonchev–Trinajstić information content (AvgIpc) is 3.35. The van der Waals surface area contributed by atoms with Crippen molar-refractivity contribution in [1.82, 2.24) is 15.1 Å². The number of nitrogens with one attached hydrogen (secondary N) is 1. The van der Waals surface area contributed by atoms with Gasteiger partial charge >= 0.3 is 0 Å². The number of carbonyl (C=O) groups is 1. The molecule has 1 aromatic rings. The number of nitriles is 1. The first-order valence-electron chi connectivity index (χ1n) is 10.5. The Labute approximate surface area is 174 Å². The van der Waals surface area contributed by atoms with Crippen LogP contribution in [-0.4, -0.2) is 44.9 Å². The van der Waals surface area contributed by atoms with Crippen molar-refractivity contribution in [3.05, 3.63) is 0 Å². The number of anilines is 1. The van der Waals surface area contributed by atoms with Gasteiger partial charge in [-0.15, -0.1) is 10.2 Å².